The molecule has 0 saturated heterocycles. The van der Waals surface area contributed by atoms with Crippen LogP contribution in [0.25, 0.3) is 0 Å². The van der Waals surface area contributed by atoms with Crippen molar-refractivity contribution in [3.05, 3.63) is 16.1 Å². The number of aromatic nitrogens is 1. The van der Waals surface area contributed by atoms with Gasteiger partial charge in [-0.15, -0.1) is 11.3 Å². The van der Waals surface area contributed by atoms with E-state index in [0.29, 0.717) is 5.01 Å². The van der Waals surface area contributed by atoms with Crippen LogP contribution in [0.2, 0.25) is 0 Å². The van der Waals surface area contributed by atoms with Crippen molar-refractivity contribution in [3.8, 4) is 0 Å². The first kappa shape index (κ1) is 17.4. The fourth-order valence-corrected chi connectivity index (χ4v) is 2.81. The topological polar surface area (TPSA) is 125 Å². The van der Waals surface area contributed by atoms with Crippen molar-refractivity contribution in [1.29, 1.82) is 0 Å². The molecule has 1 unspecified atom stereocenters. The molecule has 8 nitrogen and oxygen atoms in total. The maximum Gasteiger partial charge on any atom is 0.326 e. The number of carbonyl (C=O) groups excluding carboxylic acids is 1. The van der Waals surface area contributed by atoms with Gasteiger partial charge in [0.05, 0.1) is 12.3 Å². The van der Waals surface area contributed by atoms with Crippen LogP contribution in [-0.4, -0.2) is 48.6 Å². The molecule has 0 aliphatic carbocycles. The average molecular weight is 335 g/mol. The zero-order valence-electron chi connectivity index (χ0n) is 11.6. The number of rotatable bonds is 7. The first-order chi connectivity index (χ1) is 9.67. The van der Waals surface area contributed by atoms with Crippen molar-refractivity contribution in [1.82, 2.24) is 15.6 Å². The van der Waals surface area contributed by atoms with Gasteiger partial charge < -0.3 is 15.7 Å². The molecule has 1 atom stereocenters. The number of hydrogen-bond acceptors (Lipinski definition) is 6. The van der Waals surface area contributed by atoms with Crippen molar-refractivity contribution in [2.45, 2.75) is 25.9 Å². The van der Waals surface area contributed by atoms with E-state index in [1.54, 1.807) is 0 Å². The van der Waals surface area contributed by atoms with Gasteiger partial charge in [-0.1, -0.05) is 0 Å². The number of carbonyl (C=O) groups is 2. The van der Waals surface area contributed by atoms with Crippen LogP contribution >= 0.6 is 11.3 Å². The van der Waals surface area contributed by atoms with Crippen LogP contribution in [0, 0.1) is 6.92 Å². The van der Waals surface area contributed by atoms with E-state index in [-0.39, 0.29) is 18.7 Å². The van der Waals surface area contributed by atoms with Gasteiger partial charge in [-0.3, -0.25) is 0 Å². The fourth-order valence-electron chi connectivity index (χ4n) is 1.44. The second kappa shape index (κ2) is 7.36. The molecule has 0 aromatic carbocycles. The minimum Gasteiger partial charge on any atom is -0.480 e. The molecule has 1 aromatic rings. The number of carboxylic acid groups (broad SMARTS) is 1. The summed E-state index contributed by atoms with van der Waals surface area (Å²) in [5.74, 6) is -1.59. The number of urea groups is 1. The quantitative estimate of drug-likeness (QED) is 0.651. The highest BCUT2D eigenvalue weighted by Gasteiger charge is 2.21. The van der Waals surface area contributed by atoms with Gasteiger partial charge in [0, 0.05) is 17.3 Å². The van der Waals surface area contributed by atoms with Gasteiger partial charge in [0.15, 0.2) is 0 Å². The molecule has 21 heavy (non-hydrogen) atoms. The lowest BCUT2D eigenvalue weighted by molar-refractivity contribution is -0.139. The molecule has 0 saturated carbocycles. The van der Waals surface area contributed by atoms with Crippen molar-refractivity contribution in [3.63, 3.8) is 0 Å². The molecule has 0 radical (unpaired) electrons. The number of aliphatic carboxylic acids is 1. The summed E-state index contributed by atoms with van der Waals surface area (Å²) >= 11 is 1.38. The summed E-state index contributed by atoms with van der Waals surface area (Å²) in [6.45, 7) is 2.01. The summed E-state index contributed by atoms with van der Waals surface area (Å²) in [4.78, 5) is 26.7. The van der Waals surface area contributed by atoms with Crippen LogP contribution in [0.1, 0.15) is 17.1 Å². The van der Waals surface area contributed by atoms with Crippen LogP contribution in [0.4, 0.5) is 4.79 Å². The Labute approximate surface area is 126 Å². The Balaban J connectivity index is 2.47. The Morgan fingerprint density at radius 1 is 1.48 bits per heavy atom. The summed E-state index contributed by atoms with van der Waals surface area (Å²) in [7, 11) is -3.28. The van der Waals surface area contributed by atoms with Crippen molar-refractivity contribution < 1.29 is 23.1 Å². The van der Waals surface area contributed by atoms with Gasteiger partial charge in [0.2, 0.25) is 0 Å². The molecule has 0 spiro atoms. The highest BCUT2D eigenvalue weighted by molar-refractivity contribution is 7.90. The molecule has 3 N–H and O–H groups in total. The van der Waals surface area contributed by atoms with E-state index < -0.39 is 27.9 Å². The van der Waals surface area contributed by atoms with Gasteiger partial charge >= 0.3 is 12.0 Å². The van der Waals surface area contributed by atoms with E-state index in [1.165, 1.54) is 11.3 Å². The van der Waals surface area contributed by atoms with E-state index in [0.717, 1.165) is 11.9 Å². The first-order valence-electron chi connectivity index (χ1n) is 6.03. The molecule has 0 aliphatic rings. The minimum atomic E-state index is -3.28. The van der Waals surface area contributed by atoms with Gasteiger partial charge in [-0.2, -0.15) is 0 Å². The Morgan fingerprint density at radius 2 is 2.14 bits per heavy atom. The maximum atomic E-state index is 11.6. The number of amides is 2. The van der Waals surface area contributed by atoms with Crippen LogP contribution in [0.15, 0.2) is 5.38 Å². The number of nitrogens with one attached hydrogen (secondary N) is 2. The molecule has 1 heterocycles. The predicted octanol–water partition coefficient (Wildman–Crippen LogP) is 0.139. The maximum absolute atomic E-state index is 11.6. The largest absolute Gasteiger partial charge is 0.480 e. The fraction of sp³-hybridized carbons (Fsp3) is 0.545. The smallest absolute Gasteiger partial charge is 0.326 e. The zero-order chi connectivity index (χ0) is 16.0. The lowest BCUT2D eigenvalue weighted by Crippen LogP contribution is -2.46. The standard InChI is InChI=1S/C11H17N3O5S2/c1-7-6-20-9(13-7)5-12-11(17)14-8(10(15)16)3-4-21(2,18)19/h6,8H,3-5H2,1-2H3,(H,15,16)(H2,12,14,17). The molecule has 0 fully saturated rings. The van der Waals surface area contributed by atoms with E-state index in [9.17, 15) is 18.0 Å². The normalized spacial score (nSPS) is 12.7. The van der Waals surface area contributed by atoms with E-state index in [1.807, 2.05) is 12.3 Å². The summed E-state index contributed by atoms with van der Waals surface area (Å²) in [5, 5.41) is 16.2. The minimum absolute atomic E-state index is 0.183. The molecule has 118 valence electrons. The zero-order valence-corrected chi connectivity index (χ0v) is 13.3. The summed E-state index contributed by atoms with van der Waals surface area (Å²) in [6, 6.07) is -1.93. The first-order valence-corrected chi connectivity index (χ1v) is 8.97. The third-order valence-electron chi connectivity index (χ3n) is 2.45. The molecule has 10 heteroatoms. The Hall–Kier alpha value is -1.68. The van der Waals surface area contributed by atoms with Crippen molar-refractivity contribution in [2.75, 3.05) is 12.0 Å². The predicted molar refractivity (Wildman–Crippen MR) is 78.0 cm³/mol. The van der Waals surface area contributed by atoms with Gasteiger partial charge in [0.25, 0.3) is 0 Å². The number of thiazole rings is 1. The highest BCUT2D eigenvalue weighted by Crippen LogP contribution is 2.07. The number of aryl methyl sites for hydroxylation is 1. The SMILES string of the molecule is Cc1csc(CNC(=O)NC(CCS(C)(=O)=O)C(=O)O)n1. The molecule has 2 amide bonds. The van der Waals surface area contributed by atoms with Crippen molar-refractivity contribution >= 4 is 33.2 Å². The van der Waals surface area contributed by atoms with Crippen LogP contribution in [0.3, 0.4) is 0 Å². The lowest BCUT2D eigenvalue weighted by Gasteiger charge is -2.14. The summed E-state index contributed by atoms with van der Waals surface area (Å²) in [5.41, 5.74) is 0.841. The van der Waals surface area contributed by atoms with Crippen LogP contribution < -0.4 is 10.6 Å². The number of carboxylic acids is 1. The van der Waals surface area contributed by atoms with Crippen molar-refractivity contribution in [2.24, 2.45) is 0 Å². The lowest BCUT2D eigenvalue weighted by atomic mass is 10.2. The average Bonchev–Trinajstić information content (AvgIpc) is 2.76. The monoisotopic (exact) mass is 335 g/mol. The summed E-state index contributed by atoms with van der Waals surface area (Å²) < 4.78 is 22.1. The molecule has 0 bridgehead atoms. The second-order valence-corrected chi connectivity index (χ2v) is 7.72. The molecular weight excluding hydrogens is 318 g/mol. The molecule has 0 aliphatic heterocycles. The third kappa shape index (κ3) is 7.04. The van der Waals surface area contributed by atoms with Gasteiger partial charge in [-0.25, -0.2) is 23.0 Å². The third-order valence-corrected chi connectivity index (χ3v) is 4.39. The van der Waals surface area contributed by atoms with Crippen LogP contribution in [-0.2, 0) is 21.2 Å². The highest BCUT2D eigenvalue weighted by atomic mass is 32.2. The van der Waals surface area contributed by atoms with Gasteiger partial charge in [0.1, 0.15) is 20.9 Å². The van der Waals surface area contributed by atoms with Crippen LogP contribution in [0.5, 0.6) is 0 Å². The number of nitrogens with zero attached hydrogens (tertiary/aromatic N) is 1. The number of sulfone groups is 1. The second-order valence-electron chi connectivity index (χ2n) is 4.52. The molecule has 1 aromatic heterocycles. The Kier molecular flexibility index (Phi) is 6.09. The molecular formula is C11H17N3O5S2. The summed E-state index contributed by atoms with van der Waals surface area (Å²) in [6.07, 6.45) is 0.828. The molecule has 1 rings (SSSR count). The van der Waals surface area contributed by atoms with Gasteiger partial charge in [-0.05, 0) is 13.3 Å². The van der Waals surface area contributed by atoms with E-state index in [4.69, 9.17) is 5.11 Å². The Morgan fingerprint density at radius 3 is 2.62 bits per heavy atom. The van der Waals surface area contributed by atoms with E-state index in [2.05, 4.69) is 15.6 Å². The number of hydrogen-bond donors (Lipinski definition) is 3. The Bertz CT molecular complexity index is 611. The van der Waals surface area contributed by atoms with E-state index >= 15 is 0 Å².